The van der Waals surface area contributed by atoms with Gasteiger partial charge >= 0.3 is 0 Å². The van der Waals surface area contributed by atoms with Gasteiger partial charge in [0.25, 0.3) is 5.91 Å². The van der Waals surface area contributed by atoms with E-state index in [1.54, 1.807) is 18.2 Å². The van der Waals surface area contributed by atoms with E-state index in [4.69, 9.17) is 5.73 Å². The summed E-state index contributed by atoms with van der Waals surface area (Å²) >= 11 is 0. The molecule has 4 N–H and O–H groups in total. The van der Waals surface area contributed by atoms with Crippen LogP contribution in [0.25, 0.3) is 0 Å². The molecule has 0 aliphatic heterocycles. The number of amides is 2. The molecule has 2 amide bonds. The van der Waals surface area contributed by atoms with Crippen LogP contribution < -0.4 is 16.4 Å². The van der Waals surface area contributed by atoms with Crippen molar-refractivity contribution in [1.82, 2.24) is 5.32 Å². The number of hydrogen-bond acceptors (Lipinski definition) is 3. The fraction of sp³-hybridized carbons (Fsp3) is 0.556. The lowest BCUT2D eigenvalue weighted by Crippen LogP contribution is -2.51. The zero-order chi connectivity index (χ0) is 16.4. The van der Waals surface area contributed by atoms with Crippen molar-refractivity contribution in [1.29, 1.82) is 0 Å². The molecule has 2 unspecified atom stereocenters. The first-order chi connectivity index (χ1) is 11.0. The first-order valence-corrected chi connectivity index (χ1v) is 8.46. The SMILES string of the molecule is CC1CC1C(=O)Nc1cccc(C(=O)NC2(CN)CCCC2)c1.Cl. The molecule has 5 nitrogen and oxygen atoms in total. The van der Waals surface area contributed by atoms with E-state index >= 15 is 0 Å². The molecule has 2 aliphatic rings. The topological polar surface area (TPSA) is 84.2 Å². The van der Waals surface area contributed by atoms with Gasteiger partial charge in [0.05, 0.1) is 5.54 Å². The van der Waals surface area contributed by atoms with Crippen LogP contribution in [0, 0.1) is 11.8 Å². The summed E-state index contributed by atoms with van der Waals surface area (Å²) in [5, 5.41) is 6.01. The molecule has 0 aromatic heterocycles. The Morgan fingerprint density at radius 1 is 1.29 bits per heavy atom. The number of nitrogens with two attached hydrogens (primary N) is 1. The summed E-state index contributed by atoms with van der Waals surface area (Å²) in [6, 6.07) is 7.12. The molecule has 0 spiro atoms. The van der Waals surface area contributed by atoms with Gasteiger partial charge < -0.3 is 16.4 Å². The van der Waals surface area contributed by atoms with Crippen molar-refractivity contribution in [2.24, 2.45) is 17.6 Å². The van der Waals surface area contributed by atoms with Crippen LogP contribution in [0.15, 0.2) is 24.3 Å². The molecule has 1 aromatic carbocycles. The maximum absolute atomic E-state index is 12.5. The highest BCUT2D eigenvalue weighted by molar-refractivity contribution is 5.98. The van der Waals surface area contributed by atoms with Gasteiger partial charge in [0.1, 0.15) is 0 Å². The molecular weight excluding hydrogens is 326 g/mol. The highest BCUT2D eigenvalue weighted by Gasteiger charge is 2.39. The van der Waals surface area contributed by atoms with Crippen molar-refractivity contribution in [3.05, 3.63) is 29.8 Å². The number of benzene rings is 1. The Morgan fingerprint density at radius 2 is 1.96 bits per heavy atom. The first kappa shape index (κ1) is 18.7. The van der Waals surface area contributed by atoms with Crippen LogP contribution >= 0.6 is 12.4 Å². The van der Waals surface area contributed by atoms with E-state index in [9.17, 15) is 9.59 Å². The van der Waals surface area contributed by atoms with E-state index in [0.29, 0.717) is 23.7 Å². The first-order valence-electron chi connectivity index (χ1n) is 8.46. The van der Waals surface area contributed by atoms with E-state index in [2.05, 4.69) is 17.6 Å². The van der Waals surface area contributed by atoms with Crippen molar-refractivity contribution in [3.8, 4) is 0 Å². The standard InChI is InChI=1S/C18H25N3O2.ClH/c1-12-9-15(12)17(23)20-14-6-4-5-13(10-14)16(22)21-18(11-19)7-2-3-8-18;/h4-6,10,12,15H,2-3,7-9,11,19H2,1H3,(H,20,23)(H,21,22);1H. The summed E-state index contributed by atoms with van der Waals surface area (Å²) in [7, 11) is 0. The van der Waals surface area contributed by atoms with Crippen LogP contribution in [-0.4, -0.2) is 23.9 Å². The number of anilines is 1. The van der Waals surface area contributed by atoms with Crippen molar-refractivity contribution < 1.29 is 9.59 Å². The second kappa shape index (κ2) is 7.53. The molecule has 0 bridgehead atoms. The van der Waals surface area contributed by atoms with Gasteiger partial charge in [-0.15, -0.1) is 12.4 Å². The minimum Gasteiger partial charge on any atom is -0.345 e. The molecule has 2 fully saturated rings. The van der Waals surface area contributed by atoms with Crippen LogP contribution in [0.5, 0.6) is 0 Å². The van der Waals surface area contributed by atoms with Gasteiger partial charge in [-0.2, -0.15) is 0 Å². The van der Waals surface area contributed by atoms with E-state index in [-0.39, 0.29) is 35.7 Å². The number of carbonyl (C=O) groups is 2. The zero-order valence-electron chi connectivity index (χ0n) is 14.0. The molecular formula is C18H26ClN3O2. The average molecular weight is 352 g/mol. The Labute approximate surface area is 149 Å². The minimum atomic E-state index is -0.264. The van der Waals surface area contributed by atoms with Crippen molar-refractivity contribution in [2.75, 3.05) is 11.9 Å². The van der Waals surface area contributed by atoms with Crippen LogP contribution in [0.2, 0.25) is 0 Å². The molecule has 24 heavy (non-hydrogen) atoms. The summed E-state index contributed by atoms with van der Waals surface area (Å²) in [6.45, 7) is 2.54. The van der Waals surface area contributed by atoms with Gasteiger partial charge in [0, 0.05) is 23.7 Å². The van der Waals surface area contributed by atoms with Crippen molar-refractivity contribution >= 4 is 29.9 Å². The largest absolute Gasteiger partial charge is 0.345 e. The second-order valence-electron chi connectivity index (χ2n) is 7.04. The maximum atomic E-state index is 12.5. The quantitative estimate of drug-likeness (QED) is 0.762. The van der Waals surface area contributed by atoms with Gasteiger partial charge in [-0.1, -0.05) is 25.8 Å². The average Bonchev–Trinajstić information content (AvgIpc) is 3.10. The predicted molar refractivity (Wildman–Crippen MR) is 97.3 cm³/mol. The number of halogens is 1. The third kappa shape index (κ3) is 4.08. The van der Waals surface area contributed by atoms with Crippen LogP contribution in [0.1, 0.15) is 49.4 Å². The molecule has 2 aliphatic carbocycles. The lowest BCUT2D eigenvalue weighted by molar-refractivity contribution is -0.117. The van der Waals surface area contributed by atoms with Crippen LogP contribution in [0.4, 0.5) is 5.69 Å². The molecule has 1 aromatic rings. The van der Waals surface area contributed by atoms with E-state index in [0.717, 1.165) is 32.1 Å². The van der Waals surface area contributed by atoms with Crippen LogP contribution in [0.3, 0.4) is 0 Å². The van der Waals surface area contributed by atoms with Crippen molar-refractivity contribution in [2.45, 2.75) is 44.6 Å². The summed E-state index contributed by atoms with van der Waals surface area (Å²) in [5.41, 5.74) is 6.85. The summed E-state index contributed by atoms with van der Waals surface area (Å²) < 4.78 is 0. The van der Waals surface area contributed by atoms with Crippen LogP contribution in [-0.2, 0) is 4.79 Å². The molecule has 0 heterocycles. The zero-order valence-corrected chi connectivity index (χ0v) is 14.8. The third-order valence-electron chi connectivity index (χ3n) is 5.17. The summed E-state index contributed by atoms with van der Waals surface area (Å²) in [5.74, 6) is 0.511. The minimum absolute atomic E-state index is 0. The number of nitrogens with one attached hydrogen (secondary N) is 2. The van der Waals surface area contributed by atoms with E-state index in [1.165, 1.54) is 0 Å². The molecule has 3 rings (SSSR count). The Hall–Kier alpha value is -1.59. The smallest absolute Gasteiger partial charge is 0.251 e. The van der Waals surface area contributed by atoms with Gasteiger partial charge in [0.2, 0.25) is 5.91 Å². The predicted octanol–water partition coefficient (Wildman–Crippen LogP) is 2.70. The van der Waals surface area contributed by atoms with E-state index in [1.807, 2.05) is 6.07 Å². The maximum Gasteiger partial charge on any atom is 0.251 e. The Kier molecular flexibility index (Phi) is 5.88. The molecule has 132 valence electrons. The molecule has 0 saturated heterocycles. The van der Waals surface area contributed by atoms with Gasteiger partial charge in [-0.25, -0.2) is 0 Å². The number of hydrogen-bond donors (Lipinski definition) is 3. The second-order valence-corrected chi connectivity index (χ2v) is 7.04. The van der Waals surface area contributed by atoms with Gasteiger partial charge in [-0.05, 0) is 43.4 Å². The summed E-state index contributed by atoms with van der Waals surface area (Å²) in [4.78, 5) is 24.5. The van der Waals surface area contributed by atoms with E-state index < -0.39 is 0 Å². The molecule has 2 atom stereocenters. The fourth-order valence-electron chi connectivity index (χ4n) is 3.41. The molecule has 2 saturated carbocycles. The van der Waals surface area contributed by atoms with Gasteiger partial charge in [0.15, 0.2) is 0 Å². The fourth-order valence-corrected chi connectivity index (χ4v) is 3.41. The lowest BCUT2D eigenvalue weighted by atomic mass is 9.97. The number of rotatable bonds is 5. The van der Waals surface area contributed by atoms with Crippen molar-refractivity contribution in [3.63, 3.8) is 0 Å². The van der Waals surface area contributed by atoms with Gasteiger partial charge in [-0.3, -0.25) is 9.59 Å². The summed E-state index contributed by atoms with van der Waals surface area (Å²) in [6.07, 6.45) is 5.03. The lowest BCUT2D eigenvalue weighted by Gasteiger charge is -2.28. The Balaban J connectivity index is 0.00000208. The Bertz CT molecular complexity index is 614. The number of carbonyl (C=O) groups excluding carboxylic acids is 2. The monoisotopic (exact) mass is 351 g/mol. The third-order valence-corrected chi connectivity index (χ3v) is 5.17. The highest BCUT2D eigenvalue weighted by Crippen LogP contribution is 2.38. The Morgan fingerprint density at radius 3 is 2.54 bits per heavy atom. The molecule has 6 heteroatoms. The normalized spacial score (nSPS) is 23.9. The highest BCUT2D eigenvalue weighted by atomic mass is 35.5. The molecule has 0 radical (unpaired) electrons.